The predicted molar refractivity (Wildman–Crippen MR) is 71.8 cm³/mol. The van der Waals surface area contributed by atoms with Crippen LogP contribution >= 0.6 is 0 Å². The number of fused-ring (bicyclic) bond motifs is 1. The molecule has 0 saturated heterocycles. The molecule has 0 unspecified atom stereocenters. The number of hydrogen-bond acceptors (Lipinski definition) is 3. The molecule has 0 fully saturated rings. The second kappa shape index (κ2) is 4.97. The van der Waals surface area contributed by atoms with Gasteiger partial charge in [0.1, 0.15) is 5.76 Å². The van der Waals surface area contributed by atoms with Crippen molar-refractivity contribution in [1.82, 2.24) is 9.97 Å². The number of aromatic nitrogens is 2. The second-order valence-electron chi connectivity index (χ2n) is 4.23. The van der Waals surface area contributed by atoms with E-state index in [-0.39, 0.29) is 5.91 Å². The zero-order valence-corrected chi connectivity index (χ0v) is 10.2. The number of H-pyrrole nitrogens is 1. The summed E-state index contributed by atoms with van der Waals surface area (Å²) in [5.41, 5.74) is 1.74. The molecule has 1 amide bonds. The zero-order chi connectivity index (χ0) is 13.1. The van der Waals surface area contributed by atoms with Crippen molar-refractivity contribution in [2.75, 3.05) is 5.32 Å². The Labute approximate surface area is 109 Å². The van der Waals surface area contributed by atoms with Crippen molar-refractivity contribution in [3.63, 3.8) is 0 Å². The summed E-state index contributed by atoms with van der Waals surface area (Å²) in [6, 6.07) is 11.3. The van der Waals surface area contributed by atoms with Gasteiger partial charge < -0.3 is 9.40 Å². The molecule has 96 valence electrons. The summed E-state index contributed by atoms with van der Waals surface area (Å²) < 4.78 is 5.18. The first-order chi connectivity index (χ1) is 9.31. The van der Waals surface area contributed by atoms with Gasteiger partial charge in [-0.15, -0.1) is 0 Å². The normalized spacial score (nSPS) is 10.7. The maximum Gasteiger partial charge on any atom is 0.227 e. The van der Waals surface area contributed by atoms with Crippen molar-refractivity contribution in [2.24, 2.45) is 0 Å². The number of hydrogen-bond donors (Lipinski definition) is 2. The highest BCUT2D eigenvalue weighted by Crippen LogP contribution is 2.13. The van der Waals surface area contributed by atoms with Gasteiger partial charge in [0.25, 0.3) is 0 Å². The highest BCUT2D eigenvalue weighted by atomic mass is 16.3. The standard InChI is InChI=1S/C14H13N3O2/c18-13(8-7-10-4-3-9-19-10)17-14-15-11-5-1-2-6-12(11)16-14/h1-6,9H,7-8H2,(H2,15,16,17,18). The SMILES string of the molecule is O=C(CCc1ccco1)Nc1nc2ccccc2[nH]1. The number of rotatable bonds is 4. The van der Waals surface area contributed by atoms with E-state index in [1.54, 1.807) is 6.26 Å². The molecule has 0 aliphatic carbocycles. The van der Waals surface area contributed by atoms with E-state index < -0.39 is 0 Å². The smallest absolute Gasteiger partial charge is 0.227 e. The lowest BCUT2D eigenvalue weighted by molar-refractivity contribution is -0.116. The largest absolute Gasteiger partial charge is 0.469 e. The number of nitrogens with zero attached hydrogens (tertiary/aromatic N) is 1. The molecule has 1 aromatic carbocycles. The lowest BCUT2D eigenvalue weighted by Gasteiger charge is -1.99. The Bertz CT molecular complexity index is 653. The van der Waals surface area contributed by atoms with E-state index in [1.807, 2.05) is 36.4 Å². The first-order valence-electron chi connectivity index (χ1n) is 6.08. The molecule has 5 heteroatoms. The van der Waals surface area contributed by atoms with E-state index in [2.05, 4.69) is 15.3 Å². The van der Waals surface area contributed by atoms with Crippen molar-refractivity contribution < 1.29 is 9.21 Å². The van der Waals surface area contributed by atoms with Crippen molar-refractivity contribution >= 4 is 22.9 Å². The maximum absolute atomic E-state index is 11.8. The number of imidazole rings is 1. The molecule has 5 nitrogen and oxygen atoms in total. The lowest BCUT2D eigenvalue weighted by atomic mass is 10.2. The van der Waals surface area contributed by atoms with Crippen LogP contribution in [0.1, 0.15) is 12.2 Å². The van der Waals surface area contributed by atoms with E-state index in [0.29, 0.717) is 18.8 Å². The van der Waals surface area contributed by atoms with Crippen LogP contribution in [0.5, 0.6) is 0 Å². The van der Waals surface area contributed by atoms with Crippen LogP contribution in [-0.4, -0.2) is 15.9 Å². The number of anilines is 1. The second-order valence-corrected chi connectivity index (χ2v) is 4.23. The van der Waals surface area contributed by atoms with Gasteiger partial charge in [0.2, 0.25) is 11.9 Å². The van der Waals surface area contributed by atoms with Crippen LogP contribution in [0.4, 0.5) is 5.95 Å². The molecule has 0 bridgehead atoms. The van der Waals surface area contributed by atoms with Crippen molar-refractivity contribution in [1.29, 1.82) is 0 Å². The van der Waals surface area contributed by atoms with E-state index in [1.165, 1.54) is 0 Å². The number of aryl methyl sites for hydroxylation is 1. The van der Waals surface area contributed by atoms with Crippen molar-refractivity contribution in [2.45, 2.75) is 12.8 Å². The molecular weight excluding hydrogens is 242 g/mol. The first kappa shape index (κ1) is 11.5. The Balaban J connectivity index is 1.62. The van der Waals surface area contributed by atoms with Crippen LogP contribution in [0, 0.1) is 0 Å². The number of furan rings is 1. The number of carbonyl (C=O) groups excluding carboxylic acids is 1. The third-order valence-electron chi connectivity index (χ3n) is 2.83. The summed E-state index contributed by atoms with van der Waals surface area (Å²) in [6.45, 7) is 0. The van der Waals surface area contributed by atoms with Gasteiger partial charge in [0.05, 0.1) is 17.3 Å². The molecule has 19 heavy (non-hydrogen) atoms. The number of amides is 1. The highest BCUT2D eigenvalue weighted by molar-refractivity contribution is 5.91. The van der Waals surface area contributed by atoms with Gasteiger partial charge in [-0.1, -0.05) is 12.1 Å². The van der Waals surface area contributed by atoms with Crippen LogP contribution in [-0.2, 0) is 11.2 Å². The molecule has 3 rings (SSSR count). The topological polar surface area (TPSA) is 70.9 Å². The monoisotopic (exact) mass is 255 g/mol. The minimum absolute atomic E-state index is 0.0875. The van der Waals surface area contributed by atoms with Gasteiger partial charge in [-0.3, -0.25) is 10.1 Å². The van der Waals surface area contributed by atoms with Crippen LogP contribution in [0.3, 0.4) is 0 Å². The van der Waals surface area contributed by atoms with E-state index >= 15 is 0 Å². The minimum Gasteiger partial charge on any atom is -0.469 e. The Hall–Kier alpha value is -2.56. The van der Waals surface area contributed by atoms with Gasteiger partial charge in [0, 0.05) is 12.8 Å². The molecule has 0 spiro atoms. The molecule has 0 radical (unpaired) electrons. The first-order valence-corrected chi connectivity index (χ1v) is 6.08. The van der Waals surface area contributed by atoms with Crippen LogP contribution in [0.15, 0.2) is 47.1 Å². The molecule has 0 atom stereocenters. The molecule has 2 N–H and O–H groups in total. The minimum atomic E-state index is -0.0875. The van der Waals surface area contributed by atoms with Crippen LogP contribution in [0.25, 0.3) is 11.0 Å². The molecular formula is C14H13N3O2. The summed E-state index contributed by atoms with van der Waals surface area (Å²) in [6.07, 6.45) is 2.55. The fourth-order valence-electron chi connectivity index (χ4n) is 1.90. The zero-order valence-electron chi connectivity index (χ0n) is 10.2. The highest BCUT2D eigenvalue weighted by Gasteiger charge is 2.07. The fraction of sp³-hybridized carbons (Fsp3) is 0.143. The number of aromatic amines is 1. The fourth-order valence-corrected chi connectivity index (χ4v) is 1.90. The average Bonchev–Trinajstić information content (AvgIpc) is 3.04. The molecule has 0 aliphatic heterocycles. The van der Waals surface area contributed by atoms with Crippen LogP contribution < -0.4 is 5.32 Å². The molecule has 2 heterocycles. The third kappa shape index (κ3) is 2.65. The molecule has 0 saturated carbocycles. The quantitative estimate of drug-likeness (QED) is 0.753. The Morgan fingerprint density at radius 3 is 2.95 bits per heavy atom. The number of nitrogens with one attached hydrogen (secondary N) is 2. The lowest BCUT2D eigenvalue weighted by Crippen LogP contribution is -2.13. The summed E-state index contributed by atoms with van der Waals surface area (Å²) in [4.78, 5) is 19.1. The van der Waals surface area contributed by atoms with Gasteiger partial charge >= 0.3 is 0 Å². The van der Waals surface area contributed by atoms with Crippen molar-refractivity contribution in [3.8, 4) is 0 Å². The Kier molecular flexibility index (Phi) is 3.02. The number of benzene rings is 1. The van der Waals surface area contributed by atoms with E-state index in [4.69, 9.17) is 4.42 Å². The van der Waals surface area contributed by atoms with Crippen molar-refractivity contribution in [3.05, 3.63) is 48.4 Å². The average molecular weight is 255 g/mol. The Morgan fingerprint density at radius 1 is 1.26 bits per heavy atom. The molecule has 2 aromatic heterocycles. The van der Waals surface area contributed by atoms with Gasteiger partial charge in [-0.2, -0.15) is 0 Å². The van der Waals surface area contributed by atoms with E-state index in [0.717, 1.165) is 16.8 Å². The number of carbonyl (C=O) groups is 1. The summed E-state index contributed by atoms with van der Waals surface area (Å²) in [5, 5.41) is 2.75. The summed E-state index contributed by atoms with van der Waals surface area (Å²) in [7, 11) is 0. The Morgan fingerprint density at radius 2 is 2.16 bits per heavy atom. The van der Waals surface area contributed by atoms with E-state index in [9.17, 15) is 4.79 Å². The predicted octanol–water partition coefficient (Wildman–Crippen LogP) is 2.73. The molecule has 3 aromatic rings. The molecule has 0 aliphatic rings. The summed E-state index contributed by atoms with van der Waals surface area (Å²) in [5.74, 6) is 1.20. The third-order valence-corrected chi connectivity index (χ3v) is 2.83. The van der Waals surface area contributed by atoms with Crippen LogP contribution in [0.2, 0.25) is 0 Å². The number of para-hydroxylation sites is 2. The summed E-state index contributed by atoms with van der Waals surface area (Å²) >= 11 is 0. The maximum atomic E-state index is 11.8. The van der Waals surface area contributed by atoms with Gasteiger partial charge in [-0.25, -0.2) is 4.98 Å². The van der Waals surface area contributed by atoms with Gasteiger partial charge in [0.15, 0.2) is 0 Å². The van der Waals surface area contributed by atoms with Gasteiger partial charge in [-0.05, 0) is 24.3 Å².